The van der Waals surface area contributed by atoms with E-state index in [1.807, 2.05) is 73.6 Å². The Labute approximate surface area is 219 Å². The van der Waals surface area contributed by atoms with E-state index < -0.39 is 22.0 Å². The molecule has 0 unspecified atom stereocenters. The Kier molecular flexibility index (Phi) is 10.0. The first-order valence-corrected chi connectivity index (χ1v) is 13.8. The molecule has 0 aliphatic carbocycles. The Morgan fingerprint density at radius 2 is 1.59 bits per heavy atom. The van der Waals surface area contributed by atoms with E-state index in [4.69, 9.17) is 4.74 Å². The molecule has 3 rings (SSSR count). The predicted molar refractivity (Wildman–Crippen MR) is 146 cm³/mol. The number of methoxy groups -OCH3 is 1. The second-order valence-electron chi connectivity index (χ2n) is 9.06. The first kappa shape index (κ1) is 28.1. The minimum Gasteiger partial charge on any atom is -0.467 e. The molecule has 2 N–H and O–H groups in total. The van der Waals surface area contributed by atoms with Crippen molar-refractivity contribution in [2.24, 2.45) is 0 Å². The maximum atomic E-state index is 13.0. The molecule has 198 valence electrons. The van der Waals surface area contributed by atoms with Crippen molar-refractivity contribution in [2.45, 2.75) is 43.0 Å². The van der Waals surface area contributed by atoms with Gasteiger partial charge >= 0.3 is 5.97 Å². The fourth-order valence-corrected chi connectivity index (χ4v) is 5.51. The molecule has 0 bridgehead atoms. The van der Waals surface area contributed by atoms with Crippen molar-refractivity contribution < 1.29 is 22.7 Å². The largest absolute Gasteiger partial charge is 0.467 e. The fraction of sp³-hybridized carbons (Fsp3) is 0.357. The van der Waals surface area contributed by atoms with Crippen molar-refractivity contribution in [2.75, 3.05) is 32.6 Å². The predicted octanol–water partition coefficient (Wildman–Crippen LogP) is 3.65. The van der Waals surface area contributed by atoms with Crippen molar-refractivity contribution in [1.82, 2.24) is 10.0 Å². The van der Waals surface area contributed by atoms with Gasteiger partial charge in [-0.25, -0.2) is 17.9 Å². The zero-order valence-electron chi connectivity index (χ0n) is 21.6. The van der Waals surface area contributed by atoms with Gasteiger partial charge in [0.15, 0.2) is 0 Å². The smallest absolute Gasteiger partial charge is 0.328 e. The Hall–Kier alpha value is -3.43. The van der Waals surface area contributed by atoms with Crippen LogP contribution in [0, 0.1) is 0 Å². The maximum Gasteiger partial charge on any atom is 0.328 e. The third-order valence-electron chi connectivity index (χ3n) is 6.11. The van der Waals surface area contributed by atoms with Crippen LogP contribution < -0.4 is 14.9 Å². The van der Waals surface area contributed by atoms with Crippen LogP contribution in [-0.4, -0.2) is 54.1 Å². The Bertz CT molecular complexity index is 1310. The summed E-state index contributed by atoms with van der Waals surface area (Å²) in [6.07, 6.45) is 2.42. The number of nitrogens with zero attached hydrogens (tertiary/aromatic N) is 1. The highest BCUT2D eigenvalue weighted by atomic mass is 32.2. The van der Waals surface area contributed by atoms with Crippen LogP contribution in [-0.2, 0) is 30.8 Å². The normalized spacial score (nSPS) is 12.2. The lowest BCUT2D eigenvalue weighted by molar-refractivity contribution is -0.145. The average molecular weight is 526 g/mol. The number of ether oxygens (including phenoxy) is 1. The minimum atomic E-state index is -3.69. The Morgan fingerprint density at radius 1 is 0.892 bits per heavy atom. The molecule has 0 aromatic heterocycles. The quantitative estimate of drug-likeness (QED) is 0.261. The molecule has 0 aliphatic rings. The number of sulfonamides is 1. The van der Waals surface area contributed by atoms with Crippen molar-refractivity contribution in [3.8, 4) is 0 Å². The van der Waals surface area contributed by atoms with Gasteiger partial charge in [-0.1, -0.05) is 61.0 Å². The Balaban J connectivity index is 1.47. The van der Waals surface area contributed by atoms with Crippen LogP contribution in [0.15, 0.2) is 71.6 Å². The molecule has 1 amide bonds. The summed E-state index contributed by atoms with van der Waals surface area (Å²) < 4.78 is 33.5. The number of nitrogens with one attached hydrogen (secondary N) is 2. The third-order valence-corrected chi connectivity index (χ3v) is 7.63. The molecule has 8 nitrogen and oxygen atoms in total. The zero-order valence-corrected chi connectivity index (χ0v) is 22.4. The lowest BCUT2D eigenvalue weighted by Crippen LogP contribution is -2.43. The zero-order chi connectivity index (χ0) is 26.8. The minimum absolute atomic E-state index is 0.237. The summed E-state index contributed by atoms with van der Waals surface area (Å²) in [5.41, 5.74) is 1.88. The van der Waals surface area contributed by atoms with Crippen LogP contribution in [0.2, 0.25) is 0 Å². The first-order chi connectivity index (χ1) is 17.7. The van der Waals surface area contributed by atoms with Crippen LogP contribution in [0.5, 0.6) is 0 Å². The van der Waals surface area contributed by atoms with Crippen LogP contribution in [0.1, 0.15) is 31.2 Å². The van der Waals surface area contributed by atoms with Crippen LogP contribution in [0.3, 0.4) is 0 Å². The van der Waals surface area contributed by atoms with Gasteiger partial charge in [-0.05, 0) is 30.5 Å². The van der Waals surface area contributed by atoms with Crippen molar-refractivity contribution in [3.05, 3.63) is 72.3 Å². The van der Waals surface area contributed by atoms with Gasteiger partial charge in [0.05, 0.1) is 12.0 Å². The molecule has 0 heterocycles. The molecule has 9 heteroatoms. The number of unbranched alkanes of at least 4 members (excludes halogenated alkanes) is 2. The van der Waals surface area contributed by atoms with Crippen LogP contribution in [0.4, 0.5) is 5.69 Å². The van der Waals surface area contributed by atoms with Gasteiger partial charge in [-0.15, -0.1) is 0 Å². The lowest BCUT2D eigenvalue weighted by Gasteiger charge is -2.17. The number of amides is 1. The molecule has 0 saturated carbocycles. The SMILES string of the molecule is COC(=O)[C@H](Cc1ccccc1)NC(=O)CCCCCNS(=O)(=O)c1cccc2c(N(C)C)cccc12. The van der Waals surface area contributed by atoms with Gasteiger partial charge in [0.2, 0.25) is 15.9 Å². The highest BCUT2D eigenvalue weighted by molar-refractivity contribution is 7.89. The Morgan fingerprint density at radius 3 is 2.30 bits per heavy atom. The lowest BCUT2D eigenvalue weighted by atomic mass is 10.1. The number of anilines is 1. The molecular weight excluding hydrogens is 490 g/mol. The van der Waals surface area contributed by atoms with E-state index in [-0.39, 0.29) is 23.8 Å². The summed E-state index contributed by atoms with van der Waals surface area (Å²) in [4.78, 5) is 26.7. The third kappa shape index (κ3) is 7.77. The van der Waals surface area contributed by atoms with E-state index in [9.17, 15) is 18.0 Å². The number of hydrogen-bond donors (Lipinski definition) is 2. The molecule has 0 spiro atoms. The topological polar surface area (TPSA) is 105 Å². The van der Waals surface area contributed by atoms with E-state index in [1.165, 1.54) is 7.11 Å². The molecule has 0 fully saturated rings. The summed E-state index contributed by atoms with van der Waals surface area (Å²) in [5, 5.41) is 4.30. The highest BCUT2D eigenvalue weighted by Gasteiger charge is 2.22. The van der Waals surface area contributed by atoms with Crippen molar-refractivity contribution >= 4 is 38.4 Å². The van der Waals surface area contributed by atoms with E-state index in [1.54, 1.807) is 12.1 Å². The average Bonchev–Trinajstić information content (AvgIpc) is 2.89. The summed E-state index contributed by atoms with van der Waals surface area (Å²) in [7, 11) is 1.46. The molecule has 3 aromatic carbocycles. The number of esters is 1. The molecule has 0 aliphatic heterocycles. The molecule has 0 saturated heterocycles. The summed E-state index contributed by atoms with van der Waals surface area (Å²) >= 11 is 0. The summed E-state index contributed by atoms with van der Waals surface area (Å²) in [6.45, 7) is 0.270. The van der Waals surface area contributed by atoms with Crippen molar-refractivity contribution in [1.29, 1.82) is 0 Å². The van der Waals surface area contributed by atoms with Gasteiger partial charge in [-0.3, -0.25) is 4.79 Å². The maximum absolute atomic E-state index is 13.0. The number of carbonyl (C=O) groups excluding carboxylic acids is 2. The monoisotopic (exact) mass is 525 g/mol. The van der Waals surface area contributed by atoms with E-state index in [0.717, 1.165) is 16.6 Å². The van der Waals surface area contributed by atoms with Crippen LogP contribution >= 0.6 is 0 Å². The molecule has 0 radical (unpaired) electrons. The van der Waals surface area contributed by atoms with Gasteiger partial charge < -0.3 is 15.0 Å². The first-order valence-electron chi connectivity index (χ1n) is 12.3. The van der Waals surface area contributed by atoms with Gasteiger partial charge in [0.25, 0.3) is 0 Å². The summed E-state index contributed by atoms with van der Waals surface area (Å²) in [6, 6.07) is 19.6. The number of carbonyl (C=O) groups is 2. The summed E-state index contributed by atoms with van der Waals surface area (Å²) in [5.74, 6) is -0.725. The molecule has 1 atom stereocenters. The van der Waals surface area contributed by atoms with E-state index >= 15 is 0 Å². The second kappa shape index (κ2) is 13.2. The van der Waals surface area contributed by atoms with Gasteiger partial charge in [0, 0.05) is 49.9 Å². The highest BCUT2D eigenvalue weighted by Crippen LogP contribution is 2.30. The number of hydrogen-bond acceptors (Lipinski definition) is 6. The second-order valence-corrected chi connectivity index (χ2v) is 10.8. The fourth-order valence-electron chi connectivity index (χ4n) is 4.21. The van der Waals surface area contributed by atoms with E-state index in [2.05, 4.69) is 10.0 Å². The molecule has 3 aromatic rings. The number of fused-ring (bicyclic) bond motifs is 1. The standard InChI is InChI=1S/C28H35N3O5S/c1-31(2)25-16-10-15-23-22(25)14-11-17-26(23)37(34,35)29-19-9-5-8-18-27(32)30-24(28(33)36-3)20-21-12-6-4-7-13-21/h4,6-7,10-17,24,29H,5,8-9,18-20H2,1-3H3,(H,30,32)/t24-/m0/s1. The van der Waals surface area contributed by atoms with E-state index in [0.29, 0.717) is 31.1 Å². The number of benzene rings is 3. The number of rotatable bonds is 13. The van der Waals surface area contributed by atoms with Gasteiger partial charge in [0.1, 0.15) is 6.04 Å². The van der Waals surface area contributed by atoms with Gasteiger partial charge in [-0.2, -0.15) is 0 Å². The molecule has 37 heavy (non-hydrogen) atoms. The molecular formula is C28H35N3O5S. The van der Waals surface area contributed by atoms with Crippen LogP contribution in [0.25, 0.3) is 10.8 Å². The van der Waals surface area contributed by atoms with Crippen molar-refractivity contribution in [3.63, 3.8) is 0 Å².